The fourth-order valence-corrected chi connectivity index (χ4v) is 2.11. The standard InChI is InChI=1S/C17H21N3O4.HI/c1-18-17(20-11-13-5-4-8-24-13)19-10-12-6-7-14(16(21)23-3)15(9-12)22-2;/h4-9H,10-11H2,1-3H3,(H2,18,19,20);1H. The maximum atomic E-state index is 11.7. The molecule has 0 atom stereocenters. The van der Waals surface area contributed by atoms with E-state index >= 15 is 0 Å². The number of nitrogens with zero attached hydrogens (tertiary/aromatic N) is 1. The molecular formula is C17H22IN3O4. The van der Waals surface area contributed by atoms with Crippen LogP contribution in [-0.4, -0.2) is 33.2 Å². The van der Waals surface area contributed by atoms with Crippen molar-refractivity contribution >= 4 is 35.9 Å². The van der Waals surface area contributed by atoms with Crippen molar-refractivity contribution in [2.24, 2.45) is 4.99 Å². The van der Waals surface area contributed by atoms with E-state index in [0.717, 1.165) is 11.3 Å². The van der Waals surface area contributed by atoms with E-state index in [4.69, 9.17) is 13.9 Å². The number of rotatable bonds is 6. The molecule has 1 heterocycles. The molecule has 0 saturated heterocycles. The Morgan fingerprint density at radius 1 is 1.20 bits per heavy atom. The van der Waals surface area contributed by atoms with Gasteiger partial charge in [0, 0.05) is 13.6 Å². The van der Waals surface area contributed by atoms with Crippen LogP contribution in [0.3, 0.4) is 0 Å². The monoisotopic (exact) mass is 459 g/mol. The van der Waals surface area contributed by atoms with Crippen molar-refractivity contribution in [1.29, 1.82) is 0 Å². The zero-order valence-corrected chi connectivity index (χ0v) is 16.7. The number of hydrogen-bond donors (Lipinski definition) is 2. The lowest BCUT2D eigenvalue weighted by atomic mass is 10.1. The minimum absolute atomic E-state index is 0. The molecule has 1 aromatic carbocycles. The highest BCUT2D eigenvalue weighted by atomic mass is 127. The van der Waals surface area contributed by atoms with E-state index in [1.54, 1.807) is 25.4 Å². The lowest BCUT2D eigenvalue weighted by Gasteiger charge is -2.13. The van der Waals surface area contributed by atoms with Gasteiger partial charge in [0.1, 0.15) is 17.1 Å². The van der Waals surface area contributed by atoms with Crippen molar-refractivity contribution < 1.29 is 18.7 Å². The summed E-state index contributed by atoms with van der Waals surface area (Å²) in [5.74, 6) is 1.51. The summed E-state index contributed by atoms with van der Waals surface area (Å²) in [6.45, 7) is 1.06. The Bertz CT molecular complexity index is 702. The van der Waals surface area contributed by atoms with E-state index < -0.39 is 5.97 Å². The van der Waals surface area contributed by atoms with Crippen LogP contribution in [0.2, 0.25) is 0 Å². The molecular weight excluding hydrogens is 437 g/mol. The number of methoxy groups -OCH3 is 2. The van der Waals surface area contributed by atoms with Gasteiger partial charge in [-0.15, -0.1) is 24.0 Å². The maximum absolute atomic E-state index is 11.7. The van der Waals surface area contributed by atoms with Crippen LogP contribution in [0.5, 0.6) is 5.75 Å². The molecule has 25 heavy (non-hydrogen) atoms. The molecule has 8 heteroatoms. The zero-order valence-electron chi connectivity index (χ0n) is 14.4. The normalized spacial score (nSPS) is 10.6. The second-order valence-corrected chi connectivity index (χ2v) is 4.88. The average molecular weight is 459 g/mol. The topological polar surface area (TPSA) is 85.1 Å². The number of guanidine groups is 1. The van der Waals surface area contributed by atoms with Crippen LogP contribution >= 0.6 is 24.0 Å². The molecule has 0 aliphatic rings. The van der Waals surface area contributed by atoms with Crippen molar-refractivity contribution in [2.75, 3.05) is 21.3 Å². The molecule has 0 unspecified atom stereocenters. The molecule has 2 rings (SSSR count). The highest BCUT2D eigenvalue weighted by Crippen LogP contribution is 2.21. The van der Waals surface area contributed by atoms with Crippen molar-refractivity contribution in [3.05, 3.63) is 53.5 Å². The van der Waals surface area contributed by atoms with Crippen LogP contribution in [0.1, 0.15) is 21.7 Å². The number of ether oxygens (including phenoxy) is 2. The molecule has 0 radical (unpaired) electrons. The summed E-state index contributed by atoms with van der Waals surface area (Å²) in [6.07, 6.45) is 1.63. The highest BCUT2D eigenvalue weighted by molar-refractivity contribution is 14.0. The van der Waals surface area contributed by atoms with Gasteiger partial charge in [0.25, 0.3) is 0 Å². The lowest BCUT2D eigenvalue weighted by molar-refractivity contribution is 0.0597. The summed E-state index contributed by atoms with van der Waals surface area (Å²) in [5, 5.41) is 6.34. The predicted molar refractivity (Wildman–Crippen MR) is 105 cm³/mol. The van der Waals surface area contributed by atoms with E-state index in [-0.39, 0.29) is 24.0 Å². The molecule has 2 N–H and O–H groups in total. The van der Waals surface area contributed by atoms with Gasteiger partial charge in [-0.3, -0.25) is 4.99 Å². The minimum Gasteiger partial charge on any atom is -0.496 e. The molecule has 0 aliphatic carbocycles. The first kappa shape index (κ1) is 20.8. The first-order valence-corrected chi connectivity index (χ1v) is 7.40. The Labute approximate surface area is 163 Å². The first-order chi connectivity index (χ1) is 11.7. The van der Waals surface area contributed by atoms with E-state index in [1.807, 2.05) is 18.2 Å². The van der Waals surface area contributed by atoms with E-state index in [1.165, 1.54) is 14.2 Å². The van der Waals surface area contributed by atoms with Crippen LogP contribution in [0, 0.1) is 0 Å². The lowest BCUT2D eigenvalue weighted by Crippen LogP contribution is -2.36. The largest absolute Gasteiger partial charge is 0.496 e. The van der Waals surface area contributed by atoms with Gasteiger partial charge in [0.05, 0.1) is 27.0 Å². The Morgan fingerprint density at radius 3 is 2.56 bits per heavy atom. The van der Waals surface area contributed by atoms with Crippen molar-refractivity contribution in [2.45, 2.75) is 13.1 Å². The Morgan fingerprint density at radius 2 is 1.96 bits per heavy atom. The molecule has 1 aromatic heterocycles. The maximum Gasteiger partial charge on any atom is 0.341 e. The second kappa shape index (κ2) is 10.6. The molecule has 0 amide bonds. The van der Waals surface area contributed by atoms with Crippen LogP contribution in [-0.2, 0) is 17.8 Å². The smallest absolute Gasteiger partial charge is 0.341 e. The SMILES string of the molecule is CN=C(NCc1ccc(C(=O)OC)c(OC)c1)NCc1ccco1.I. The summed E-state index contributed by atoms with van der Waals surface area (Å²) < 4.78 is 15.2. The number of furan rings is 1. The molecule has 7 nitrogen and oxygen atoms in total. The summed E-state index contributed by atoms with van der Waals surface area (Å²) in [4.78, 5) is 15.8. The fourth-order valence-electron chi connectivity index (χ4n) is 2.11. The minimum atomic E-state index is -0.428. The summed E-state index contributed by atoms with van der Waals surface area (Å²) in [5.41, 5.74) is 1.34. The third-order valence-corrected chi connectivity index (χ3v) is 3.36. The molecule has 0 saturated carbocycles. The quantitative estimate of drug-likeness (QED) is 0.299. The molecule has 0 spiro atoms. The second-order valence-electron chi connectivity index (χ2n) is 4.88. The van der Waals surface area contributed by atoms with Crippen LogP contribution < -0.4 is 15.4 Å². The molecule has 2 aromatic rings. The van der Waals surface area contributed by atoms with Gasteiger partial charge in [0.2, 0.25) is 0 Å². The number of carbonyl (C=O) groups excluding carboxylic acids is 1. The van der Waals surface area contributed by atoms with Crippen molar-refractivity contribution in [1.82, 2.24) is 10.6 Å². The van der Waals surface area contributed by atoms with Gasteiger partial charge in [0.15, 0.2) is 5.96 Å². The van der Waals surface area contributed by atoms with Gasteiger partial charge in [-0.2, -0.15) is 0 Å². The Hall–Kier alpha value is -2.23. The van der Waals surface area contributed by atoms with E-state index in [0.29, 0.717) is 30.4 Å². The summed E-state index contributed by atoms with van der Waals surface area (Å²) in [7, 11) is 4.55. The number of halogens is 1. The van der Waals surface area contributed by atoms with Gasteiger partial charge in [-0.1, -0.05) is 6.07 Å². The number of carbonyl (C=O) groups is 1. The summed E-state index contributed by atoms with van der Waals surface area (Å²) in [6, 6.07) is 9.03. The van der Waals surface area contributed by atoms with Crippen LogP contribution in [0.15, 0.2) is 46.0 Å². The average Bonchev–Trinajstić information content (AvgIpc) is 3.14. The fraction of sp³-hybridized carbons (Fsp3) is 0.294. The van der Waals surface area contributed by atoms with Crippen molar-refractivity contribution in [3.8, 4) is 5.75 Å². The van der Waals surface area contributed by atoms with Crippen LogP contribution in [0.4, 0.5) is 0 Å². The Kier molecular flexibility index (Phi) is 8.82. The molecule has 0 fully saturated rings. The summed E-state index contributed by atoms with van der Waals surface area (Å²) >= 11 is 0. The van der Waals surface area contributed by atoms with Gasteiger partial charge in [-0.25, -0.2) is 4.79 Å². The number of benzene rings is 1. The molecule has 0 aliphatic heterocycles. The van der Waals surface area contributed by atoms with Crippen molar-refractivity contribution in [3.63, 3.8) is 0 Å². The third-order valence-electron chi connectivity index (χ3n) is 3.36. The van der Waals surface area contributed by atoms with Gasteiger partial charge >= 0.3 is 5.97 Å². The third kappa shape index (κ3) is 5.96. The molecule has 0 bridgehead atoms. The number of nitrogens with one attached hydrogen (secondary N) is 2. The molecule has 136 valence electrons. The van der Waals surface area contributed by atoms with E-state index in [9.17, 15) is 4.79 Å². The first-order valence-electron chi connectivity index (χ1n) is 7.40. The number of aliphatic imine (C=N–C) groups is 1. The van der Waals surface area contributed by atoms with E-state index in [2.05, 4.69) is 15.6 Å². The number of hydrogen-bond acceptors (Lipinski definition) is 5. The predicted octanol–water partition coefficient (Wildman–Crippen LogP) is 2.56. The number of esters is 1. The highest BCUT2D eigenvalue weighted by Gasteiger charge is 2.13. The zero-order chi connectivity index (χ0) is 17.4. The van der Waals surface area contributed by atoms with Crippen LogP contribution in [0.25, 0.3) is 0 Å². The van der Waals surface area contributed by atoms with Gasteiger partial charge < -0.3 is 24.5 Å². The Balaban J connectivity index is 0.00000312. The van der Waals surface area contributed by atoms with Gasteiger partial charge in [-0.05, 0) is 29.8 Å².